The smallest absolute Gasteiger partial charge is 0.129 e. The highest BCUT2D eigenvalue weighted by atomic mass is 32.2. The van der Waals surface area contributed by atoms with Gasteiger partial charge < -0.3 is 0 Å². The highest BCUT2D eigenvalue weighted by Gasteiger charge is 2.13. The van der Waals surface area contributed by atoms with Crippen molar-refractivity contribution in [3.63, 3.8) is 0 Å². The second-order valence-electron chi connectivity index (χ2n) is 5.02. The summed E-state index contributed by atoms with van der Waals surface area (Å²) in [6, 6.07) is 0. The van der Waals surface area contributed by atoms with E-state index in [2.05, 4.69) is 63.9 Å². The summed E-state index contributed by atoms with van der Waals surface area (Å²) in [5, 5.41) is 0.986. The van der Waals surface area contributed by atoms with Crippen LogP contribution in [0.4, 0.5) is 0 Å². The van der Waals surface area contributed by atoms with E-state index in [9.17, 15) is 0 Å². The molecule has 1 unspecified atom stereocenters. The molecule has 0 fully saturated rings. The predicted molar refractivity (Wildman–Crippen MR) is 71.3 cm³/mol. The fraction of sp³-hybridized carbons (Fsp3) is 0.818. The minimum atomic E-state index is -1.22. The normalized spacial score (nSPS) is 14.1. The average molecular weight is 229 g/mol. The predicted octanol–water partition coefficient (Wildman–Crippen LogP) is 2.90. The molecule has 0 aliphatic carbocycles. The Labute approximate surface area is 94.7 Å². The number of hydrogen-bond acceptors (Lipinski definition) is 2. The monoisotopic (exact) mass is 229 g/mol. The van der Waals surface area contributed by atoms with Crippen LogP contribution in [0.25, 0.3) is 0 Å². The second kappa shape index (κ2) is 5.84. The molecule has 14 heavy (non-hydrogen) atoms. The first-order valence-electron chi connectivity index (χ1n) is 5.07. The average Bonchev–Trinajstić information content (AvgIpc) is 1.94. The van der Waals surface area contributed by atoms with Gasteiger partial charge in [0.25, 0.3) is 0 Å². The molecule has 0 N–H and O–H groups in total. The molecular formula is C11H23NSSi. The molecule has 1 atom stereocenters. The Hall–Kier alpha value is 0.0869. The Kier molecular flexibility index (Phi) is 5.88. The van der Waals surface area contributed by atoms with E-state index in [1.54, 1.807) is 0 Å². The molecule has 0 saturated heterocycles. The van der Waals surface area contributed by atoms with Crippen LogP contribution >= 0.6 is 11.8 Å². The van der Waals surface area contributed by atoms with Crippen LogP contribution in [0, 0.1) is 11.5 Å². The van der Waals surface area contributed by atoms with Gasteiger partial charge in [-0.05, 0) is 14.1 Å². The van der Waals surface area contributed by atoms with Crippen LogP contribution < -0.4 is 0 Å². The van der Waals surface area contributed by atoms with Crippen LogP contribution in [-0.4, -0.2) is 37.7 Å². The largest absolute Gasteiger partial charge is 0.288 e. The van der Waals surface area contributed by atoms with Crippen LogP contribution in [0.1, 0.15) is 13.8 Å². The number of thioether (sulfide) groups is 1. The van der Waals surface area contributed by atoms with Gasteiger partial charge in [0.2, 0.25) is 0 Å². The first-order chi connectivity index (χ1) is 6.22. The Morgan fingerprint density at radius 1 is 1.14 bits per heavy atom. The molecule has 0 saturated carbocycles. The molecule has 0 aromatic carbocycles. The van der Waals surface area contributed by atoms with Crippen molar-refractivity contribution in [3.8, 4) is 11.5 Å². The van der Waals surface area contributed by atoms with Gasteiger partial charge >= 0.3 is 0 Å². The second-order valence-corrected chi connectivity index (χ2v) is 11.4. The zero-order chi connectivity index (χ0) is 11.4. The zero-order valence-corrected chi connectivity index (χ0v) is 12.3. The van der Waals surface area contributed by atoms with Crippen molar-refractivity contribution < 1.29 is 0 Å². The van der Waals surface area contributed by atoms with E-state index in [1.807, 2.05) is 11.8 Å². The quantitative estimate of drug-likeness (QED) is 0.416. The van der Waals surface area contributed by atoms with E-state index < -0.39 is 8.07 Å². The van der Waals surface area contributed by atoms with Gasteiger partial charge in [-0.3, -0.25) is 4.90 Å². The Balaban J connectivity index is 4.43. The number of rotatable bonds is 3. The third-order valence-electron chi connectivity index (χ3n) is 1.44. The van der Waals surface area contributed by atoms with E-state index in [0.717, 1.165) is 0 Å². The van der Waals surface area contributed by atoms with E-state index in [-0.39, 0.29) is 0 Å². The van der Waals surface area contributed by atoms with Crippen LogP contribution in [0.2, 0.25) is 19.6 Å². The van der Waals surface area contributed by atoms with Crippen molar-refractivity contribution in [2.75, 3.05) is 14.1 Å². The number of nitrogens with zero attached hydrogens (tertiary/aromatic N) is 1. The lowest BCUT2D eigenvalue weighted by molar-refractivity contribution is 0.435. The fourth-order valence-electron chi connectivity index (χ4n) is 0.821. The third-order valence-corrected chi connectivity index (χ3v) is 3.68. The van der Waals surface area contributed by atoms with Gasteiger partial charge in [0.1, 0.15) is 13.4 Å². The van der Waals surface area contributed by atoms with Crippen molar-refractivity contribution in [1.29, 1.82) is 0 Å². The van der Waals surface area contributed by atoms with Gasteiger partial charge in [-0.2, -0.15) is 0 Å². The fourth-order valence-corrected chi connectivity index (χ4v) is 2.38. The molecule has 0 bridgehead atoms. The van der Waals surface area contributed by atoms with E-state index in [1.165, 1.54) is 0 Å². The maximum absolute atomic E-state index is 3.44. The van der Waals surface area contributed by atoms with Crippen LogP contribution in [-0.2, 0) is 0 Å². The highest BCUT2D eigenvalue weighted by molar-refractivity contribution is 8.00. The Morgan fingerprint density at radius 3 is 1.93 bits per heavy atom. The van der Waals surface area contributed by atoms with Gasteiger partial charge in [-0.25, -0.2) is 0 Å². The topological polar surface area (TPSA) is 3.24 Å². The molecule has 1 nitrogen and oxygen atoms in total. The summed E-state index contributed by atoms with van der Waals surface area (Å²) in [5.41, 5.74) is 3.44. The lowest BCUT2D eigenvalue weighted by Gasteiger charge is -2.20. The molecule has 0 heterocycles. The van der Waals surface area contributed by atoms with Gasteiger partial charge in [0, 0.05) is 5.25 Å². The summed E-state index contributed by atoms with van der Waals surface area (Å²) in [6.45, 7) is 11.3. The molecule has 0 aromatic rings. The summed E-state index contributed by atoms with van der Waals surface area (Å²) < 4.78 is 0. The molecule has 0 radical (unpaired) electrons. The molecule has 0 spiro atoms. The molecule has 0 aromatic heterocycles. The Bertz CT molecular complexity index is 220. The first kappa shape index (κ1) is 14.1. The Morgan fingerprint density at radius 2 is 1.64 bits per heavy atom. The van der Waals surface area contributed by atoms with Gasteiger partial charge in [0.15, 0.2) is 0 Å². The molecule has 0 aliphatic rings. The molecule has 0 rings (SSSR count). The van der Waals surface area contributed by atoms with E-state index >= 15 is 0 Å². The molecule has 3 heteroatoms. The highest BCUT2D eigenvalue weighted by Crippen LogP contribution is 2.18. The summed E-state index contributed by atoms with van der Waals surface area (Å²) in [6.07, 6.45) is 0. The summed E-state index contributed by atoms with van der Waals surface area (Å²) in [5.74, 6) is 3.39. The standard InChI is InChI=1S/C11H23NSSi/c1-10(2)13-11(12(3)4)8-9-14(5,6)7/h10-11H,1-7H3. The first-order valence-corrected chi connectivity index (χ1v) is 9.51. The molecule has 0 aliphatic heterocycles. The van der Waals surface area contributed by atoms with Gasteiger partial charge in [-0.1, -0.05) is 39.4 Å². The lowest BCUT2D eigenvalue weighted by Crippen LogP contribution is -2.26. The van der Waals surface area contributed by atoms with Crippen molar-refractivity contribution in [2.45, 2.75) is 44.1 Å². The summed E-state index contributed by atoms with van der Waals surface area (Å²) in [4.78, 5) is 2.19. The van der Waals surface area contributed by atoms with Gasteiger partial charge in [-0.15, -0.1) is 17.3 Å². The van der Waals surface area contributed by atoms with Crippen LogP contribution in [0.5, 0.6) is 0 Å². The van der Waals surface area contributed by atoms with Crippen molar-refractivity contribution in [1.82, 2.24) is 4.90 Å². The zero-order valence-electron chi connectivity index (χ0n) is 10.5. The third kappa shape index (κ3) is 7.49. The maximum atomic E-state index is 3.44. The minimum Gasteiger partial charge on any atom is -0.288 e. The minimum absolute atomic E-state index is 0.349. The molecule has 82 valence electrons. The summed E-state index contributed by atoms with van der Waals surface area (Å²) in [7, 11) is 2.97. The molecular weight excluding hydrogens is 206 g/mol. The summed E-state index contributed by atoms with van der Waals surface area (Å²) >= 11 is 1.92. The maximum Gasteiger partial charge on any atom is 0.129 e. The van der Waals surface area contributed by atoms with Crippen molar-refractivity contribution >= 4 is 19.8 Å². The van der Waals surface area contributed by atoms with Crippen LogP contribution in [0.15, 0.2) is 0 Å². The van der Waals surface area contributed by atoms with Gasteiger partial charge in [0.05, 0.1) is 0 Å². The van der Waals surface area contributed by atoms with Crippen LogP contribution in [0.3, 0.4) is 0 Å². The lowest BCUT2D eigenvalue weighted by atomic mass is 10.6. The molecule has 0 amide bonds. The SMILES string of the molecule is CC(C)SC(C#C[Si](C)(C)C)N(C)C. The number of hydrogen-bond donors (Lipinski definition) is 0. The van der Waals surface area contributed by atoms with Crippen molar-refractivity contribution in [2.24, 2.45) is 0 Å². The van der Waals surface area contributed by atoms with Crippen molar-refractivity contribution in [3.05, 3.63) is 0 Å². The van der Waals surface area contributed by atoms with E-state index in [0.29, 0.717) is 10.6 Å². The van der Waals surface area contributed by atoms with E-state index in [4.69, 9.17) is 0 Å².